The van der Waals surface area contributed by atoms with Crippen molar-refractivity contribution in [1.82, 2.24) is 4.98 Å². The van der Waals surface area contributed by atoms with E-state index in [0.717, 1.165) is 0 Å². The molecule has 0 aliphatic carbocycles. The van der Waals surface area contributed by atoms with Gasteiger partial charge >= 0.3 is 0 Å². The summed E-state index contributed by atoms with van der Waals surface area (Å²) in [5.41, 5.74) is 0.275. The standard InChI is InChI=1S/C6H3Cl3N2O/c7-3-1-10-2-4(8)5(3)6(9)11-12/h1-2,12H/b11-6+. The van der Waals surface area contributed by atoms with E-state index in [9.17, 15) is 0 Å². The highest BCUT2D eigenvalue weighted by atomic mass is 35.5. The Hall–Kier alpha value is -0.510. The van der Waals surface area contributed by atoms with Gasteiger partial charge in [-0.05, 0) is 0 Å². The second-order valence-electron chi connectivity index (χ2n) is 1.87. The maximum absolute atomic E-state index is 8.36. The van der Waals surface area contributed by atoms with E-state index in [0.29, 0.717) is 0 Å². The quantitative estimate of drug-likeness (QED) is 0.454. The summed E-state index contributed by atoms with van der Waals surface area (Å²) in [6.45, 7) is 0. The summed E-state index contributed by atoms with van der Waals surface area (Å²) in [6.07, 6.45) is 2.71. The van der Waals surface area contributed by atoms with Crippen LogP contribution in [0.4, 0.5) is 0 Å². The molecule has 0 radical (unpaired) electrons. The highest BCUT2D eigenvalue weighted by Crippen LogP contribution is 2.24. The van der Waals surface area contributed by atoms with Gasteiger partial charge in [-0.2, -0.15) is 0 Å². The van der Waals surface area contributed by atoms with Crippen LogP contribution in [-0.2, 0) is 0 Å². The fraction of sp³-hybridized carbons (Fsp3) is 0. The van der Waals surface area contributed by atoms with Crippen LogP contribution >= 0.6 is 34.8 Å². The third-order valence-electron chi connectivity index (χ3n) is 1.15. The number of halogens is 3. The van der Waals surface area contributed by atoms with E-state index in [-0.39, 0.29) is 20.8 Å². The molecule has 12 heavy (non-hydrogen) atoms. The van der Waals surface area contributed by atoms with Gasteiger partial charge < -0.3 is 5.21 Å². The fourth-order valence-corrected chi connectivity index (χ4v) is 1.50. The lowest BCUT2D eigenvalue weighted by molar-refractivity contribution is 0.321. The van der Waals surface area contributed by atoms with Crippen LogP contribution in [0.15, 0.2) is 17.5 Å². The molecule has 0 atom stereocenters. The molecule has 0 aliphatic heterocycles. The normalized spacial score (nSPS) is 11.8. The second kappa shape index (κ2) is 3.94. The number of oxime groups is 1. The highest BCUT2D eigenvalue weighted by molar-refractivity contribution is 6.71. The topological polar surface area (TPSA) is 45.5 Å². The molecule has 0 fully saturated rings. The van der Waals surface area contributed by atoms with E-state index in [2.05, 4.69) is 10.1 Å². The molecule has 6 heteroatoms. The van der Waals surface area contributed by atoms with E-state index >= 15 is 0 Å². The largest absolute Gasteiger partial charge is 0.410 e. The number of pyridine rings is 1. The van der Waals surface area contributed by atoms with Gasteiger partial charge in [0.15, 0.2) is 5.17 Å². The Morgan fingerprint density at radius 1 is 1.33 bits per heavy atom. The van der Waals surface area contributed by atoms with Crippen LogP contribution in [0.5, 0.6) is 0 Å². The Balaban J connectivity index is 3.31. The summed E-state index contributed by atoms with van der Waals surface area (Å²) in [5, 5.41) is 11.4. The molecule has 0 bridgehead atoms. The zero-order valence-electron chi connectivity index (χ0n) is 5.63. The van der Waals surface area contributed by atoms with Crippen molar-refractivity contribution in [1.29, 1.82) is 0 Å². The summed E-state index contributed by atoms with van der Waals surface area (Å²) in [6, 6.07) is 0. The van der Waals surface area contributed by atoms with Gasteiger partial charge in [-0.25, -0.2) is 0 Å². The monoisotopic (exact) mass is 224 g/mol. The Labute approximate surface area is 83.6 Å². The molecule has 1 N–H and O–H groups in total. The number of hydrogen-bond acceptors (Lipinski definition) is 3. The number of nitrogens with zero attached hydrogens (tertiary/aromatic N) is 2. The number of hydrogen-bond donors (Lipinski definition) is 1. The Morgan fingerprint density at radius 2 is 1.83 bits per heavy atom. The molecule has 1 rings (SSSR count). The number of rotatable bonds is 1. The molecule has 0 aliphatic rings. The zero-order chi connectivity index (χ0) is 9.14. The van der Waals surface area contributed by atoms with Crippen molar-refractivity contribution in [2.45, 2.75) is 0 Å². The molecular formula is C6H3Cl3N2O. The van der Waals surface area contributed by atoms with Gasteiger partial charge in [-0.3, -0.25) is 4.98 Å². The molecule has 64 valence electrons. The molecule has 0 aromatic carbocycles. The van der Waals surface area contributed by atoms with Crippen LogP contribution in [0.1, 0.15) is 5.56 Å². The molecular weight excluding hydrogens is 222 g/mol. The molecule has 0 amide bonds. The molecule has 1 aromatic heterocycles. The van der Waals surface area contributed by atoms with Crippen molar-refractivity contribution in [3.05, 3.63) is 28.0 Å². The van der Waals surface area contributed by atoms with E-state index in [1.54, 1.807) is 0 Å². The first-order valence-corrected chi connectivity index (χ1v) is 3.97. The van der Waals surface area contributed by atoms with E-state index in [4.69, 9.17) is 40.0 Å². The average Bonchev–Trinajstić information content (AvgIpc) is 2.03. The summed E-state index contributed by atoms with van der Waals surface area (Å²) < 4.78 is 0. The zero-order valence-corrected chi connectivity index (χ0v) is 7.90. The van der Waals surface area contributed by atoms with Crippen molar-refractivity contribution in [3.63, 3.8) is 0 Å². The van der Waals surface area contributed by atoms with Crippen molar-refractivity contribution in [3.8, 4) is 0 Å². The van der Waals surface area contributed by atoms with Gasteiger partial charge in [-0.1, -0.05) is 40.0 Å². The lowest BCUT2D eigenvalue weighted by Gasteiger charge is -2.00. The summed E-state index contributed by atoms with van der Waals surface area (Å²) in [5.74, 6) is 0. The van der Waals surface area contributed by atoms with Crippen LogP contribution in [0.3, 0.4) is 0 Å². The minimum Gasteiger partial charge on any atom is -0.410 e. The molecule has 1 heterocycles. The smallest absolute Gasteiger partial charge is 0.178 e. The first-order valence-electron chi connectivity index (χ1n) is 2.83. The lowest BCUT2D eigenvalue weighted by atomic mass is 10.3. The maximum atomic E-state index is 8.36. The summed E-state index contributed by atoms with van der Waals surface area (Å²) in [7, 11) is 0. The van der Waals surface area contributed by atoms with Gasteiger partial charge in [0.05, 0.1) is 15.6 Å². The minimum atomic E-state index is -0.160. The van der Waals surface area contributed by atoms with Crippen LogP contribution in [-0.4, -0.2) is 15.4 Å². The van der Waals surface area contributed by atoms with E-state index < -0.39 is 0 Å². The molecule has 1 aromatic rings. The molecule has 0 spiro atoms. The fourth-order valence-electron chi connectivity index (χ4n) is 0.658. The van der Waals surface area contributed by atoms with Crippen molar-refractivity contribution in [2.24, 2.45) is 5.16 Å². The van der Waals surface area contributed by atoms with Crippen LogP contribution in [0.25, 0.3) is 0 Å². The lowest BCUT2D eigenvalue weighted by Crippen LogP contribution is -1.94. The predicted octanol–water partition coefficient (Wildman–Crippen LogP) is 2.76. The number of aromatic nitrogens is 1. The molecule has 0 saturated carbocycles. The Kier molecular flexibility index (Phi) is 3.14. The van der Waals surface area contributed by atoms with Crippen LogP contribution < -0.4 is 0 Å². The van der Waals surface area contributed by atoms with Gasteiger partial charge in [0.25, 0.3) is 0 Å². The third kappa shape index (κ3) is 1.80. The Bertz CT molecular complexity index is 306. The van der Waals surface area contributed by atoms with Gasteiger partial charge in [-0.15, -0.1) is 0 Å². The third-order valence-corrected chi connectivity index (χ3v) is 1.99. The van der Waals surface area contributed by atoms with Crippen molar-refractivity contribution >= 4 is 40.0 Å². The first-order chi connectivity index (χ1) is 5.66. The minimum absolute atomic E-state index is 0.160. The Morgan fingerprint density at radius 3 is 2.25 bits per heavy atom. The van der Waals surface area contributed by atoms with Crippen molar-refractivity contribution in [2.75, 3.05) is 0 Å². The van der Waals surface area contributed by atoms with Crippen LogP contribution in [0, 0.1) is 0 Å². The SMILES string of the molecule is O/N=C(/Cl)c1c(Cl)cncc1Cl. The average molecular weight is 225 g/mol. The summed E-state index contributed by atoms with van der Waals surface area (Å²) >= 11 is 16.9. The van der Waals surface area contributed by atoms with E-state index in [1.165, 1.54) is 12.4 Å². The van der Waals surface area contributed by atoms with Crippen molar-refractivity contribution < 1.29 is 5.21 Å². The molecule has 0 unspecified atom stereocenters. The van der Waals surface area contributed by atoms with Crippen LogP contribution in [0.2, 0.25) is 10.0 Å². The van der Waals surface area contributed by atoms with Gasteiger partial charge in [0, 0.05) is 12.4 Å². The first kappa shape index (κ1) is 9.58. The summed E-state index contributed by atoms with van der Waals surface area (Å²) in [4.78, 5) is 3.70. The molecule has 3 nitrogen and oxygen atoms in total. The maximum Gasteiger partial charge on any atom is 0.178 e. The van der Waals surface area contributed by atoms with E-state index in [1.807, 2.05) is 0 Å². The van der Waals surface area contributed by atoms with Gasteiger partial charge in [0.2, 0.25) is 0 Å². The molecule has 0 saturated heterocycles. The highest BCUT2D eigenvalue weighted by Gasteiger charge is 2.10. The second-order valence-corrected chi connectivity index (χ2v) is 3.04. The predicted molar refractivity (Wildman–Crippen MR) is 48.4 cm³/mol. The van der Waals surface area contributed by atoms with Gasteiger partial charge in [0.1, 0.15) is 0 Å².